The lowest BCUT2D eigenvalue weighted by molar-refractivity contribution is 0.0487. The number of carbonyl (C=O) groups is 1. The van der Waals surface area contributed by atoms with Gasteiger partial charge in [-0.1, -0.05) is 0 Å². The average Bonchev–Trinajstić information content (AvgIpc) is 3.05. The van der Waals surface area contributed by atoms with Crippen molar-refractivity contribution in [3.05, 3.63) is 23.1 Å². The predicted octanol–water partition coefficient (Wildman–Crippen LogP) is 3.24. The molecule has 0 amide bonds. The summed E-state index contributed by atoms with van der Waals surface area (Å²) in [7, 11) is 3.91. The molecule has 1 aliphatic heterocycles. The Balaban J connectivity index is 1.91. The summed E-state index contributed by atoms with van der Waals surface area (Å²) in [6.07, 6.45) is 0.0930. The quantitative estimate of drug-likeness (QED) is 0.675. The molecule has 0 N–H and O–H groups in total. The van der Waals surface area contributed by atoms with Gasteiger partial charge in [0.05, 0.1) is 19.3 Å². The molecule has 2 heterocycles. The number of carbonyl (C=O) groups excluding carboxylic acids is 1. The minimum Gasteiger partial charge on any atom is -0.491 e. The van der Waals surface area contributed by atoms with Crippen LogP contribution in [0.25, 0.3) is 10.1 Å². The van der Waals surface area contributed by atoms with Crippen LogP contribution in [0.15, 0.2) is 18.2 Å². The fourth-order valence-corrected chi connectivity index (χ4v) is 4.00. The predicted molar refractivity (Wildman–Crippen MR) is 109 cm³/mol. The summed E-state index contributed by atoms with van der Waals surface area (Å²) in [5, 5.41) is 1.07. The number of likely N-dealkylation sites (N-methyl/N-ethyl adjacent to an activating group) is 1. The monoisotopic (exact) mass is 392 g/mol. The Morgan fingerprint density at radius 2 is 2.00 bits per heavy atom. The summed E-state index contributed by atoms with van der Waals surface area (Å²) >= 11 is 1.46. The van der Waals surface area contributed by atoms with Crippen molar-refractivity contribution in [1.29, 1.82) is 0 Å². The van der Waals surface area contributed by atoms with Crippen molar-refractivity contribution >= 4 is 33.1 Å². The highest BCUT2D eigenvalue weighted by Gasteiger charge is 2.20. The normalized spacial score (nSPS) is 15.0. The highest BCUT2D eigenvalue weighted by Crippen LogP contribution is 2.38. The molecular weight excluding hydrogens is 364 g/mol. The van der Waals surface area contributed by atoms with E-state index in [1.807, 2.05) is 45.0 Å². The number of ether oxygens (including phenoxy) is 3. The topological polar surface area (TPSA) is 51.2 Å². The van der Waals surface area contributed by atoms with Crippen molar-refractivity contribution in [1.82, 2.24) is 4.90 Å². The van der Waals surface area contributed by atoms with Gasteiger partial charge in [0.25, 0.3) is 0 Å². The number of benzene rings is 1. The van der Waals surface area contributed by atoms with Crippen LogP contribution in [0.1, 0.15) is 23.5 Å². The molecule has 0 bridgehead atoms. The van der Waals surface area contributed by atoms with Crippen LogP contribution in [0.4, 0.5) is 5.69 Å². The van der Waals surface area contributed by atoms with Crippen molar-refractivity contribution in [2.24, 2.45) is 0 Å². The summed E-state index contributed by atoms with van der Waals surface area (Å²) < 4.78 is 17.9. The molecule has 0 spiro atoms. The Hall–Kier alpha value is -1.83. The van der Waals surface area contributed by atoms with Crippen LogP contribution in [0.5, 0.6) is 5.75 Å². The second kappa shape index (κ2) is 8.91. The minimum absolute atomic E-state index is 0.0930. The molecule has 0 unspecified atom stereocenters. The standard InChI is InChI=1S/C20H28N2O4S/c1-14(2)26-15-11-17(22-6-8-24-9-7-22)16-13-19(27-18(16)12-15)20(23)25-10-5-21(3)4/h11-14H,5-10H2,1-4H3. The largest absolute Gasteiger partial charge is 0.491 e. The van der Waals surface area contributed by atoms with Gasteiger partial charge in [-0.25, -0.2) is 4.79 Å². The highest BCUT2D eigenvalue weighted by atomic mass is 32.1. The lowest BCUT2D eigenvalue weighted by Crippen LogP contribution is -2.36. The average molecular weight is 393 g/mol. The first-order chi connectivity index (χ1) is 12.9. The lowest BCUT2D eigenvalue weighted by Gasteiger charge is -2.30. The maximum Gasteiger partial charge on any atom is 0.348 e. The summed E-state index contributed by atoms with van der Waals surface area (Å²) in [6.45, 7) is 8.21. The first-order valence-corrected chi connectivity index (χ1v) is 10.1. The molecule has 6 nitrogen and oxygen atoms in total. The van der Waals surface area contributed by atoms with Crippen molar-refractivity contribution < 1.29 is 19.0 Å². The molecule has 1 aromatic heterocycles. The number of thiophene rings is 1. The van der Waals surface area contributed by atoms with Gasteiger partial charge in [0, 0.05) is 41.5 Å². The molecule has 0 radical (unpaired) electrons. The third kappa shape index (κ3) is 5.12. The van der Waals surface area contributed by atoms with Crippen LogP contribution in [-0.4, -0.2) is 70.5 Å². The second-order valence-electron chi connectivity index (χ2n) is 7.17. The van der Waals surface area contributed by atoms with E-state index < -0.39 is 0 Å². The second-order valence-corrected chi connectivity index (χ2v) is 8.25. The van der Waals surface area contributed by atoms with Gasteiger partial charge in [-0.15, -0.1) is 11.3 Å². The summed E-state index contributed by atoms with van der Waals surface area (Å²) in [5.74, 6) is 0.561. The molecule has 1 fully saturated rings. The fourth-order valence-electron chi connectivity index (χ4n) is 2.99. The van der Waals surface area contributed by atoms with Crippen LogP contribution < -0.4 is 9.64 Å². The SMILES string of the molecule is CC(C)Oc1cc(N2CCOCC2)c2cc(C(=O)OCCN(C)C)sc2c1. The van der Waals surface area contributed by atoms with Gasteiger partial charge in [0.15, 0.2) is 0 Å². The molecule has 0 atom stereocenters. The van der Waals surface area contributed by atoms with E-state index in [4.69, 9.17) is 14.2 Å². The van der Waals surface area contributed by atoms with Gasteiger partial charge >= 0.3 is 5.97 Å². The van der Waals surface area contributed by atoms with Crippen molar-refractivity contribution in [3.63, 3.8) is 0 Å². The van der Waals surface area contributed by atoms with E-state index in [1.165, 1.54) is 11.3 Å². The Morgan fingerprint density at radius 3 is 2.67 bits per heavy atom. The molecule has 7 heteroatoms. The van der Waals surface area contributed by atoms with Crippen LogP contribution in [0, 0.1) is 0 Å². The Bertz CT molecular complexity index is 782. The zero-order chi connectivity index (χ0) is 19.4. The molecule has 1 aliphatic rings. The number of rotatable bonds is 7. The van der Waals surface area contributed by atoms with Gasteiger partial charge in [0.1, 0.15) is 17.2 Å². The zero-order valence-electron chi connectivity index (χ0n) is 16.5. The van der Waals surface area contributed by atoms with Crippen molar-refractivity contribution in [2.45, 2.75) is 20.0 Å². The molecule has 27 heavy (non-hydrogen) atoms. The van der Waals surface area contributed by atoms with E-state index in [0.717, 1.165) is 34.6 Å². The van der Waals surface area contributed by atoms with Gasteiger partial charge in [-0.05, 0) is 40.1 Å². The zero-order valence-corrected chi connectivity index (χ0v) is 17.3. The fraction of sp³-hybridized carbons (Fsp3) is 0.550. The first kappa shape index (κ1) is 19.9. The maximum atomic E-state index is 12.5. The van der Waals surface area contributed by atoms with E-state index in [1.54, 1.807) is 0 Å². The first-order valence-electron chi connectivity index (χ1n) is 9.33. The maximum absolute atomic E-state index is 12.5. The molecule has 0 aliphatic carbocycles. The summed E-state index contributed by atoms with van der Waals surface area (Å²) in [4.78, 5) is 17.4. The van der Waals surface area contributed by atoms with Crippen molar-refractivity contribution in [3.8, 4) is 5.75 Å². The number of morpholine rings is 1. The number of fused-ring (bicyclic) bond motifs is 1. The molecule has 2 aromatic rings. The number of hydrogen-bond acceptors (Lipinski definition) is 7. The summed E-state index contributed by atoms with van der Waals surface area (Å²) in [6, 6.07) is 6.03. The van der Waals surface area contributed by atoms with Crippen LogP contribution in [0.2, 0.25) is 0 Å². The Labute approximate surface area is 164 Å². The number of nitrogens with zero attached hydrogens (tertiary/aromatic N) is 2. The molecule has 3 rings (SSSR count). The van der Waals surface area contributed by atoms with E-state index in [9.17, 15) is 4.79 Å². The third-order valence-corrected chi connectivity index (χ3v) is 5.35. The number of anilines is 1. The lowest BCUT2D eigenvalue weighted by atomic mass is 10.1. The molecule has 148 valence electrons. The number of esters is 1. The molecular formula is C20H28N2O4S. The molecule has 1 saturated heterocycles. The van der Waals surface area contributed by atoms with Crippen LogP contribution >= 0.6 is 11.3 Å². The van der Waals surface area contributed by atoms with Crippen LogP contribution in [-0.2, 0) is 9.47 Å². The van der Waals surface area contributed by atoms with Gasteiger partial charge in [-0.3, -0.25) is 0 Å². The smallest absolute Gasteiger partial charge is 0.348 e. The Morgan fingerprint density at radius 1 is 1.26 bits per heavy atom. The van der Waals surface area contributed by atoms with E-state index in [0.29, 0.717) is 31.2 Å². The Kier molecular flexibility index (Phi) is 6.57. The van der Waals surface area contributed by atoms with E-state index in [2.05, 4.69) is 11.0 Å². The highest BCUT2D eigenvalue weighted by molar-refractivity contribution is 7.20. The van der Waals surface area contributed by atoms with Gasteiger partial charge < -0.3 is 24.0 Å². The van der Waals surface area contributed by atoms with Crippen molar-refractivity contribution in [2.75, 3.05) is 58.5 Å². The number of hydrogen-bond donors (Lipinski definition) is 0. The van der Waals surface area contributed by atoms with Gasteiger partial charge in [0.2, 0.25) is 0 Å². The minimum atomic E-state index is -0.266. The summed E-state index contributed by atoms with van der Waals surface area (Å²) in [5.41, 5.74) is 1.09. The molecule has 1 aromatic carbocycles. The van der Waals surface area contributed by atoms with E-state index in [-0.39, 0.29) is 12.1 Å². The third-order valence-electron chi connectivity index (χ3n) is 4.29. The van der Waals surface area contributed by atoms with Crippen LogP contribution in [0.3, 0.4) is 0 Å². The van der Waals surface area contributed by atoms with Gasteiger partial charge in [-0.2, -0.15) is 0 Å². The van der Waals surface area contributed by atoms with E-state index >= 15 is 0 Å². The molecule has 0 saturated carbocycles.